The molecule has 0 atom stereocenters. The number of aliphatic hydroxyl groups is 1. The predicted molar refractivity (Wildman–Crippen MR) is 59.3 cm³/mol. The highest BCUT2D eigenvalue weighted by atomic mass is 16.3. The molecule has 0 radical (unpaired) electrons. The van der Waals surface area contributed by atoms with Gasteiger partial charge in [0.05, 0.1) is 6.61 Å². The van der Waals surface area contributed by atoms with Crippen LogP contribution in [0.3, 0.4) is 0 Å². The predicted octanol–water partition coefficient (Wildman–Crippen LogP) is 1.59. The van der Waals surface area contributed by atoms with Crippen molar-refractivity contribution in [1.29, 1.82) is 0 Å². The van der Waals surface area contributed by atoms with Gasteiger partial charge in [-0.05, 0) is 25.8 Å². The van der Waals surface area contributed by atoms with Crippen LogP contribution in [0.15, 0.2) is 30.3 Å². The zero-order valence-corrected chi connectivity index (χ0v) is 8.96. The smallest absolute Gasteiger partial charge is 0.0556 e. The molecule has 0 fully saturated rings. The lowest BCUT2D eigenvalue weighted by Gasteiger charge is -2.26. The van der Waals surface area contributed by atoms with Crippen molar-refractivity contribution in [3.05, 3.63) is 35.9 Å². The van der Waals surface area contributed by atoms with Crippen molar-refractivity contribution < 1.29 is 5.11 Å². The van der Waals surface area contributed by atoms with Crippen molar-refractivity contribution >= 4 is 0 Å². The van der Waals surface area contributed by atoms with E-state index >= 15 is 0 Å². The van der Waals surface area contributed by atoms with Crippen molar-refractivity contribution in [3.63, 3.8) is 0 Å². The van der Waals surface area contributed by atoms with E-state index in [0.717, 1.165) is 6.42 Å². The standard InChI is InChI=1S/C12H19NO/c1-12(2,13-8-9-14)10-11-6-4-3-5-7-11/h3-7,13-14H,8-10H2,1-2H3. The highest BCUT2D eigenvalue weighted by molar-refractivity contribution is 5.17. The molecule has 0 aliphatic rings. The molecule has 0 spiro atoms. The Bertz CT molecular complexity index is 256. The lowest BCUT2D eigenvalue weighted by molar-refractivity contribution is 0.265. The van der Waals surface area contributed by atoms with Crippen LogP contribution in [0.4, 0.5) is 0 Å². The summed E-state index contributed by atoms with van der Waals surface area (Å²) >= 11 is 0. The van der Waals surface area contributed by atoms with Gasteiger partial charge in [0.2, 0.25) is 0 Å². The molecule has 0 aliphatic heterocycles. The maximum absolute atomic E-state index is 8.73. The second-order valence-electron chi connectivity index (χ2n) is 4.20. The highest BCUT2D eigenvalue weighted by Gasteiger charge is 2.16. The fraction of sp³-hybridized carbons (Fsp3) is 0.500. The maximum Gasteiger partial charge on any atom is 0.0556 e. The summed E-state index contributed by atoms with van der Waals surface area (Å²) in [5.41, 5.74) is 1.37. The van der Waals surface area contributed by atoms with E-state index in [1.807, 2.05) is 6.07 Å². The van der Waals surface area contributed by atoms with E-state index in [-0.39, 0.29) is 12.1 Å². The van der Waals surface area contributed by atoms with Crippen LogP contribution in [-0.4, -0.2) is 23.8 Å². The summed E-state index contributed by atoms with van der Waals surface area (Å²) in [7, 11) is 0. The zero-order valence-electron chi connectivity index (χ0n) is 8.96. The van der Waals surface area contributed by atoms with E-state index in [1.54, 1.807) is 0 Å². The zero-order chi connectivity index (χ0) is 10.4. The van der Waals surface area contributed by atoms with E-state index in [2.05, 4.69) is 43.4 Å². The molecule has 2 heteroatoms. The topological polar surface area (TPSA) is 32.3 Å². The summed E-state index contributed by atoms with van der Waals surface area (Å²) in [6.07, 6.45) is 0.980. The number of β-amino-alcohol motifs (C(OH)–C–C–N with tert-alkyl or cyclic N) is 1. The number of rotatable bonds is 5. The molecule has 0 saturated heterocycles. The van der Waals surface area contributed by atoms with E-state index in [0.29, 0.717) is 6.54 Å². The molecular weight excluding hydrogens is 174 g/mol. The number of nitrogens with one attached hydrogen (secondary N) is 1. The monoisotopic (exact) mass is 193 g/mol. The van der Waals surface area contributed by atoms with Crippen molar-refractivity contribution in [2.45, 2.75) is 25.8 Å². The molecule has 14 heavy (non-hydrogen) atoms. The van der Waals surface area contributed by atoms with Gasteiger partial charge in [-0.1, -0.05) is 30.3 Å². The molecule has 2 nitrogen and oxygen atoms in total. The van der Waals surface area contributed by atoms with Crippen LogP contribution in [0.1, 0.15) is 19.4 Å². The van der Waals surface area contributed by atoms with Crippen LogP contribution in [0.2, 0.25) is 0 Å². The van der Waals surface area contributed by atoms with Crippen molar-refractivity contribution in [1.82, 2.24) is 5.32 Å². The number of aliphatic hydroxyl groups excluding tert-OH is 1. The molecule has 0 unspecified atom stereocenters. The third kappa shape index (κ3) is 3.90. The SMILES string of the molecule is CC(C)(Cc1ccccc1)NCCO. The summed E-state index contributed by atoms with van der Waals surface area (Å²) in [4.78, 5) is 0. The minimum Gasteiger partial charge on any atom is -0.395 e. The molecule has 1 rings (SSSR count). The minimum atomic E-state index is 0.0457. The van der Waals surface area contributed by atoms with Crippen LogP contribution in [-0.2, 0) is 6.42 Å². The molecule has 0 aromatic heterocycles. The molecular formula is C12H19NO. The Kier molecular flexibility index (Phi) is 4.11. The fourth-order valence-corrected chi connectivity index (χ4v) is 1.56. The van der Waals surface area contributed by atoms with Gasteiger partial charge in [0.15, 0.2) is 0 Å². The summed E-state index contributed by atoms with van der Waals surface area (Å²) in [5.74, 6) is 0. The number of hydrogen-bond donors (Lipinski definition) is 2. The van der Waals surface area contributed by atoms with Gasteiger partial charge in [-0.3, -0.25) is 0 Å². The molecule has 0 heterocycles. The third-order valence-electron chi connectivity index (χ3n) is 2.20. The van der Waals surface area contributed by atoms with Gasteiger partial charge in [0, 0.05) is 12.1 Å². The maximum atomic E-state index is 8.73. The van der Waals surface area contributed by atoms with Gasteiger partial charge < -0.3 is 10.4 Å². The number of hydrogen-bond acceptors (Lipinski definition) is 2. The molecule has 0 bridgehead atoms. The first kappa shape index (κ1) is 11.2. The molecule has 1 aromatic carbocycles. The third-order valence-corrected chi connectivity index (χ3v) is 2.20. The van der Waals surface area contributed by atoms with E-state index in [4.69, 9.17) is 5.11 Å². The Hall–Kier alpha value is -0.860. The Labute approximate surface area is 86.0 Å². The van der Waals surface area contributed by atoms with Crippen LogP contribution in [0, 0.1) is 0 Å². The Morgan fingerprint density at radius 1 is 1.21 bits per heavy atom. The van der Waals surface area contributed by atoms with E-state index in [9.17, 15) is 0 Å². The quantitative estimate of drug-likeness (QED) is 0.744. The van der Waals surface area contributed by atoms with Crippen molar-refractivity contribution in [2.75, 3.05) is 13.2 Å². The fourth-order valence-electron chi connectivity index (χ4n) is 1.56. The first-order chi connectivity index (χ1) is 6.64. The number of benzene rings is 1. The molecule has 0 aliphatic carbocycles. The van der Waals surface area contributed by atoms with Crippen LogP contribution >= 0.6 is 0 Å². The average Bonchev–Trinajstić information content (AvgIpc) is 2.16. The van der Waals surface area contributed by atoms with Crippen LogP contribution in [0.5, 0.6) is 0 Å². The molecule has 78 valence electrons. The summed E-state index contributed by atoms with van der Waals surface area (Å²) in [6.45, 7) is 5.14. The Balaban J connectivity index is 2.50. The lowest BCUT2D eigenvalue weighted by Crippen LogP contribution is -2.42. The van der Waals surface area contributed by atoms with E-state index < -0.39 is 0 Å². The summed E-state index contributed by atoms with van der Waals surface area (Å²) < 4.78 is 0. The minimum absolute atomic E-state index is 0.0457. The highest BCUT2D eigenvalue weighted by Crippen LogP contribution is 2.11. The summed E-state index contributed by atoms with van der Waals surface area (Å²) in [6, 6.07) is 10.4. The van der Waals surface area contributed by atoms with Gasteiger partial charge in [-0.25, -0.2) is 0 Å². The lowest BCUT2D eigenvalue weighted by atomic mass is 9.95. The van der Waals surface area contributed by atoms with Crippen LogP contribution in [0.25, 0.3) is 0 Å². The molecule has 0 amide bonds. The Morgan fingerprint density at radius 3 is 2.43 bits per heavy atom. The van der Waals surface area contributed by atoms with Gasteiger partial charge in [0.1, 0.15) is 0 Å². The van der Waals surface area contributed by atoms with E-state index in [1.165, 1.54) is 5.56 Å². The Morgan fingerprint density at radius 2 is 1.86 bits per heavy atom. The largest absolute Gasteiger partial charge is 0.395 e. The molecule has 2 N–H and O–H groups in total. The van der Waals surface area contributed by atoms with Crippen LogP contribution < -0.4 is 5.32 Å². The van der Waals surface area contributed by atoms with Gasteiger partial charge in [0.25, 0.3) is 0 Å². The second kappa shape index (κ2) is 5.13. The molecule has 0 saturated carbocycles. The first-order valence-electron chi connectivity index (χ1n) is 5.04. The van der Waals surface area contributed by atoms with Crippen molar-refractivity contribution in [2.24, 2.45) is 0 Å². The average molecular weight is 193 g/mol. The van der Waals surface area contributed by atoms with Gasteiger partial charge >= 0.3 is 0 Å². The van der Waals surface area contributed by atoms with Gasteiger partial charge in [-0.2, -0.15) is 0 Å². The first-order valence-corrected chi connectivity index (χ1v) is 5.04. The summed E-state index contributed by atoms with van der Waals surface area (Å²) in [5, 5.41) is 12.0. The van der Waals surface area contributed by atoms with Crippen molar-refractivity contribution in [3.8, 4) is 0 Å². The molecule has 1 aromatic rings. The van der Waals surface area contributed by atoms with Gasteiger partial charge in [-0.15, -0.1) is 0 Å². The normalized spacial score (nSPS) is 11.6. The second-order valence-corrected chi connectivity index (χ2v) is 4.20.